The molecular formula is C31H46O4. The van der Waals surface area contributed by atoms with E-state index in [2.05, 4.69) is 55.0 Å². The van der Waals surface area contributed by atoms with Crippen LogP contribution in [0, 0.1) is 11.3 Å². The quantitative estimate of drug-likeness (QED) is 0.244. The molecule has 4 heteroatoms. The zero-order valence-electron chi connectivity index (χ0n) is 22.8. The number of benzene rings is 2. The monoisotopic (exact) mass is 482 g/mol. The molecule has 2 rings (SSSR count). The van der Waals surface area contributed by atoms with Crippen molar-refractivity contribution in [3.8, 4) is 17.2 Å². The highest BCUT2D eigenvalue weighted by Crippen LogP contribution is 2.34. The van der Waals surface area contributed by atoms with E-state index >= 15 is 0 Å². The number of phenolic OH excluding ortho intramolecular Hbond substituents is 3. The molecule has 2 unspecified atom stereocenters. The number of aliphatic hydroxyl groups is 1. The highest BCUT2D eigenvalue weighted by atomic mass is 16.3. The van der Waals surface area contributed by atoms with E-state index in [1.54, 1.807) is 48.6 Å². The number of para-hydroxylation sites is 1. The highest BCUT2D eigenvalue weighted by Gasteiger charge is 2.16. The van der Waals surface area contributed by atoms with E-state index in [0.29, 0.717) is 28.4 Å². The minimum Gasteiger partial charge on any atom is -0.508 e. The Hall–Kier alpha value is -3.14. The van der Waals surface area contributed by atoms with Crippen LogP contribution in [0.2, 0.25) is 0 Å². The number of hydrogen-bond acceptors (Lipinski definition) is 4. The molecule has 0 radical (unpaired) electrons. The Morgan fingerprint density at radius 2 is 1.54 bits per heavy atom. The lowest BCUT2D eigenvalue weighted by atomic mass is 9.87. The minimum atomic E-state index is 0.0917. The Bertz CT molecular complexity index is 964. The van der Waals surface area contributed by atoms with Gasteiger partial charge in [-0.2, -0.15) is 0 Å². The molecule has 35 heavy (non-hydrogen) atoms. The van der Waals surface area contributed by atoms with Gasteiger partial charge in [-0.3, -0.25) is 0 Å². The van der Waals surface area contributed by atoms with Gasteiger partial charge in [-0.05, 0) is 47.9 Å². The van der Waals surface area contributed by atoms with Crippen molar-refractivity contribution in [1.82, 2.24) is 0 Å². The van der Waals surface area contributed by atoms with Crippen molar-refractivity contribution in [3.05, 3.63) is 84.2 Å². The van der Waals surface area contributed by atoms with Crippen LogP contribution < -0.4 is 0 Å². The standard InChI is InChI=1S/C13H14O2.C12H18O2.C6H14/c1-3-7-12(14)10(4-2)11-8-5-6-9-13(11)15;1-4-8(2)9(3)11-6-5-10(13)7-12(11)14;1-5-6(2,3)4/h3-9,14-15H,2H2,1H3;5-9,13-14H,4H2,1-3H3;5H2,1-4H3/b7-3-,12-10-;;. The van der Waals surface area contributed by atoms with Crippen molar-refractivity contribution in [2.45, 2.75) is 74.1 Å². The largest absolute Gasteiger partial charge is 0.508 e. The lowest BCUT2D eigenvalue weighted by Gasteiger charge is -2.19. The maximum Gasteiger partial charge on any atom is 0.123 e. The van der Waals surface area contributed by atoms with E-state index in [9.17, 15) is 15.3 Å². The summed E-state index contributed by atoms with van der Waals surface area (Å²) in [4.78, 5) is 0. The lowest BCUT2D eigenvalue weighted by molar-refractivity contribution is 0.398. The molecule has 0 fully saturated rings. The molecule has 2 atom stereocenters. The first-order chi connectivity index (χ1) is 16.3. The minimum absolute atomic E-state index is 0.0917. The third-order valence-electron chi connectivity index (χ3n) is 6.06. The van der Waals surface area contributed by atoms with E-state index in [0.717, 1.165) is 12.0 Å². The van der Waals surface area contributed by atoms with Gasteiger partial charge in [-0.1, -0.05) is 104 Å². The number of allylic oxidation sites excluding steroid dienone is 4. The van der Waals surface area contributed by atoms with Crippen molar-refractivity contribution in [2.24, 2.45) is 11.3 Å². The van der Waals surface area contributed by atoms with Gasteiger partial charge in [0.2, 0.25) is 0 Å². The number of phenols is 3. The van der Waals surface area contributed by atoms with Crippen molar-refractivity contribution in [1.29, 1.82) is 0 Å². The van der Waals surface area contributed by atoms with Gasteiger partial charge in [0.15, 0.2) is 0 Å². The Kier molecular flexibility index (Phi) is 14.3. The summed E-state index contributed by atoms with van der Waals surface area (Å²) in [6.45, 7) is 20.8. The Balaban J connectivity index is 0.000000540. The molecular weight excluding hydrogens is 436 g/mol. The van der Waals surface area contributed by atoms with Crippen LogP contribution in [0.3, 0.4) is 0 Å². The van der Waals surface area contributed by atoms with Crippen LogP contribution in [0.5, 0.6) is 17.2 Å². The zero-order valence-corrected chi connectivity index (χ0v) is 22.8. The van der Waals surface area contributed by atoms with Crippen molar-refractivity contribution in [2.75, 3.05) is 0 Å². The number of hydrogen-bond donors (Lipinski definition) is 4. The fourth-order valence-electron chi connectivity index (χ4n) is 2.88. The average Bonchev–Trinajstić information content (AvgIpc) is 2.80. The zero-order chi connectivity index (χ0) is 27.2. The predicted molar refractivity (Wildman–Crippen MR) is 150 cm³/mol. The molecule has 0 saturated carbocycles. The van der Waals surface area contributed by atoms with E-state index in [1.165, 1.54) is 18.6 Å². The summed E-state index contributed by atoms with van der Waals surface area (Å²) in [6, 6.07) is 11.6. The lowest BCUT2D eigenvalue weighted by Crippen LogP contribution is -2.04. The van der Waals surface area contributed by atoms with Crippen LogP contribution in [0.15, 0.2) is 73.0 Å². The molecule has 4 nitrogen and oxygen atoms in total. The molecule has 2 aromatic carbocycles. The summed E-state index contributed by atoms with van der Waals surface area (Å²) >= 11 is 0. The summed E-state index contributed by atoms with van der Waals surface area (Å²) < 4.78 is 0. The third kappa shape index (κ3) is 11.7. The molecule has 0 heterocycles. The normalized spacial score (nSPS) is 13.5. The van der Waals surface area contributed by atoms with Crippen LogP contribution >= 0.6 is 0 Å². The van der Waals surface area contributed by atoms with Crippen LogP contribution in [-0.2, 0) is 0 Å². The number of aromatic hydroxyl groups is 3. The van der Waals surface area contributed by atoms with Crippen molar-refractivity contribution in [3.63, 3.8) is 0 Å². The molecule has 0 aliphatic carbocycles. The smallest absolute Gasteiger partial charge is 0.123 e. The summed E-state index contributed by atoms with van der Waals surface area (Å²) in [6.07, 6.45) is 7.15. The third-order valence-corrected chi connectivity index (χ3v) is 6.06. The maximum absolute atomic E-state index is 9.70. The second kappa shape index (κ2) is 15.7. The van der Waals surface area contributed by atoms with Crippen LogP contribution in [-0.4, -0.2) is 20.4 Å². The van der Waals surface area contributed by atoms with E-state index in [4.69, 9.17) is 5.11 Å². The van der Waals surface area contributed by atoms with Crippen LogP contribution in [0.1, 0.15) is 85.3 Å². The Morgan fingerprint density at radius 1 is 0.971 bits per heavy atom. The van der Waals surface area contributed by atoms with Crippen LogP contribution in [0.4, 0.5) is 0 Å². The van der Waals surface area contributed by atoms with E-state index in [1.807, 2.05) is 6.92 Å². The van der Waals surface area contributed by atoms with Gasteiger partial charge < -0.3 is 20.4 Å². The Labute approximate surface area is 213 Å². The first-order valence-electron chi connectivity index (χ1n) is 12.3. The first kappa shape index (κ1) is 31.9. The van der Waals surface area contributed by atoms with Gasteiger partial charge in [0.1, 0.15) is 23.0 Å². The molecule has 0 amide bonds. The Morgan fingerprint density at radius 3 is 1.97 bits per heavy atom. The van der Waals surface area contributed by atoms with E-state index < -0.39 is 0 Å². The SMILES string of the molecule is C=C/C(=C(O)\C=C/C)c1ccccc1O.CCC(C)(C)C.CCC(C)C(C)c1ccc(O)cc1O. The maximum atomic E-state index is 9.70. The molecule has 0 bridgehead atoms. The average molecular weight is 483 g/mol. The molecule has 0 aliphatic heterocycles. The highest BCUT2D eigenvalue weighted by molar-refractivity contribution is 5.79. The molecule has 0 aromatic heterocycles. The second-order valence-corrected chi connectivity index (χ2v) is 9.85. The summed E-state index contributed by atoms with van der Waals surface area (Å²) in [5, 5.41) is 38.1. The molecule has 2 aromatic rings. The summed E-state index contributed by atoms with van der Waals surface area (Å²) in [5.74, 6) is 1.38. The van der Waals surface area contributed by atoms with Gasteiger partial charge in [0.25, 0.3) is 0 Å². The van der Waals surface area contributed by atoms with Gasteiger partial charge in [0, 0.05) is 17.2 Å². The molecule has 0 spiro atoms. The molecule has 0 aliphatic rings. The van der Waals surface area contributed by atoms with E-state index in [-0.39, 0.29) is 23.0 Å². The fraction of sp³-hybridized carbons (Fsp3) is 0.419. The predicted octanol–water partition coefficient (Wildman–Crippen LogP) is 9.11. The number of rotatable bonds is 6. The second-order valence-electron chi connectivity index (χ2n) is 9.85. The van der Waals surface area contributed by atoms with Gasteiger partial charge in [-0.15, -0.1) is 0 Å². The first-order valence-corrected chi connectivity index (χ1v) is 12.3. The summed E-state index contributed by atoms with van der Waals surface area (Å²) in [7, 11) is 0. The fourth-order valence-corrected chi connectivity index (χ4v) is 2.88. The van der Waals surface area contributed by atoms with Crippen molar-refractivity contribution < 1.29 is 20.4 Å². The van der Waals surface area contributed by atoms with Crippen LogP contribution in [0.25, 0.3) is 5.57 Å². The van der Waals surface area contributed by atoms with Gasteiger partial charge in [0.05, 0.1) is 0 Å². The summed E-state index contributed by atoms with van der Waals surface area (Å²) in [5.41, 5.74) is 2.55. The van der Waals surface area contributed by atoms with Crippen molar-refractivity contribution >= 4 is 5.57 Å². The number of aliphatic hydroxyl groups excluding tert-OH is 1. The molecule has 194 valence electrons. The van der Waals surface area contributed by atoms with Gasteiger partial charge in [-0.25, -0.2) is 0 Å². The topological polar surface area (TPSA) is 80.9 Å². The molecule has 4 N–H and O–H groups in total. The van der Waals surface area contributed by atoms with Gasteiger partial charge >= 0.3 is 0 Å². The molecule has 0 saturated heterocycles.